The van der Waals surface area contributed by atoms with Crippen molar-refractivity contribution in [2.45, 2.75) is 30.6 Å². The van der Waals surface area contributed by atoms with Gasteiger partial charge in [-0.25, -0.2) is 8.42 Å². The molecule has 0 heterocycles. The number of benzene rings is 4. The van der Waals surface area contributed by atoms with E-state index in [9.17, 15) is 21.8 Å². The van der Waals surface area contributed by atoms with Gasteiger partial charge in [-0.15, -0.1) is 0 Å². The number of hydrogen-bond acceptors (Lipinski definition) is 4. The Labute approximate surface area is 242 Å². The maximum atomic E-state index is 14.4. The molecule has 0 radical (unpaired) electrons. The van der Waals surface area contributed by atoms with Crippen LogP contribution in [-0.4, -0.2) is 29.6 Å². The lowest BCUT2D eigenvalue weighted by atomic mass is 9.99. The second kappa shape index (κ2) is 12.0. The number of nitrogens with zero attached hydrogens (tertiary/aromatic N) is 1. The zero-order chi connectivity index (χ0) is 30.0. The van der Waals surface area contributed by atoms with Crippen molar-refractivity contribution in [1.29, 1.82) is 0 Å². The van der Waals surface area contributed by atoms with Gasteiger partial charge in [-0.05, 0) is 47.4 Å². The summed E-state index contributed by atoms with van der Waals surface area (Å²) in [5.41, 5.74) is -1.90. The summed E-state index contributed by atoms with van der Waals surface area (Å²) < 4.78 is 74.7. The zero-order valence-electron chi connectivity index (χ0n) is 22.0. The summed E-state index contributed by atoms with van der Waals surface area (Å²) >= 11 is 6.05. The van der Waals surface area contributed by atoms with Gasteiger partial charge in [0.1, 0.15) is 10.6 Å². The van der Waals surface area contributed by atoms with Gasteiger partial charge in [0.25, 0.3) is 0 Å². The van der Waals surface area contributed by atoms with Crippen molar-refractivity contribution in [3.05, 3.63) is 118 Å². The van der Waals surface area contributed by atoms with E-state index in [-0.39, 0.29) is 29.3 Å². The van der Waals surface area contributed by atoms with Crippen molar-refractivity contribution in [3.63, 3.8) is 0 Å². The molecule has 0 aliphatic rings. The monoisotopic (exact) mass is 621 g/mol. The number of hydrogen-bond donors (Lipinski definition) is 2. The standard InChI is InChI=1S/C29H27ClF2NO6PS/c1-20-11-14-22(15-12-20)24-8-4-3-7-23(24)19-33(41(37,38)28-10-6-5-9-27(28)39-2)18-21-13-16-25(26(30)17-21)29(31,32)40(34,35)36/h3-17H,18-19H2,1-2H3,(H2,34,35,36). The van der Waals surface area contributed by atoms with Gasteiger partial charge in [0, 0.05) is 13.1 Å². The molecule has 0 amide bonds. The van der Waals surface area contributed by atoms with Crippen molar-refractivity contribution in [2.24, 2.45) is 0 Å². The molecule has 7 nitrogen and oxygen atoms in total. The van der Waals surface area contributed by atoms with E-state index >= 15 is 0 Å². The highest BCUT2D eigenvalue weighted by atomic mass is 35.5. The van der Waals surface area contributed by atoms with Crippen LogP contribution in [0.5, 0.6) is 5.75 Å². The Balaban J connectivity index is 1.80. The van der Waals surface area contributed by atoms with E-state index in [2.05, 4.69) is 0 Å². The fourth-order valence-electron chi connectivity index (χ4n) is 4.32. The van der Waals surface area contributed by atoms with Gasteiger partial charge in [0.15, 0.2) is 0 Å². The minimum absolute atomic E-state index is 0.0916. The van der Waals surface area contributed by atoms with E-state index in [0.717, 1.165) is 28.8 Å². The van der Waals surface area contributed by atoms with E-state index in [4.69, 9.17) is 26.1 Å². The molecule has 12 heteroatoms. The topological polar surface area (TPSA) is 104 Å². The molecule has 0 aliphatic carbocycles. The molecule has 4 aromatic rings. The highest BCUT2D eigenvalue weighted by molar-refractivity contribution is 7.89. The summed E-state index contributed by atoms with van der Waals surface area (Å²) in [5, 5.41) is -0.606. The highest BCUT2D eigenvalue weighted by Gasteiger charge is 2.51. The Morgan fingerprint density at radius 2 is 1.56 bits per heavy atom. The first-order valence-electron chi connectivity index (χ1n) is 12.3. The summed E-state index contributed by atoms with van der Waals surface area (Å²) in [4.78, 5) is 18.2. The third-order valence-electron chi connectivity index (χ3n) is 6.50. The van der Waals surface area contributed by atoms with Crippen molar-refractivity contribution in [2.75, 3.05) is 7.11 Å². The van der Waals surface area contributed by atoms with E-state index < -0.39 is 33.9 Å². The van der Waals surface area contributed by atoms with Crippen LogP contribution in [0.2, 0.25) is 5.02 Å². The van der Waals surface area contributed by atoms with Crippen molar-refractivity contribution in [3.8, 4) is 16.9 Å². The van der Waals surface area contributed by atoms with Crippen molar-refractivity contribution >= 4 is 29.2 Å². The zero-order valence-corrected chi connectivity index (χ0v) is 24.5. The van der Waals surface area contributed by atoms with E-state index in [1.165, 1.54) is 29.6 Å². The fourth-order valence-corrected chi connectivity index (χ4v) is 6.78. The average molecular weight is 622 g/mol. The number of methoxy groups -OCH3 is 1. The molecule has 0 fully saturated rings. The largest absolute Gasteiger partial charge is 0.495 e. The number of sulfonamides is 1. The van der Waals surface area contributed by atoms with Gasteiger partial charge in [0.2, 0.25) is 10.0 Å². The Hall–Kier alpha value is -3.11. The lowest BCUT2D eigenvalue weighted by Gasteiger charge is -2.25. The lowest BCUT2D eigenvalue weighted by Crippen LogP contribution is -2.31. The normalized spacial score (nSPS) is 12.5. The molecule has 216 valence electrons. The molecular formula is C29H27ClF2NO6PS. The number of aryl methyl sites for hydroxylation is 1. The minimum Gasteiger partial charge on any atom is -0.495 e. The maximum Gasteiger partial charge on any atom is 0.399 e. The number of ether oxygens (including phenoxy) is 1. The molecule has 4 rings (SSSR count). The van der Waals surface area contributed by atoms with E-state index in [1.807, 2.05) is 43.3 Å². The summed E-state index contributed by atoms with van der Waals surface area (Å²) in [6.07, 6.45) is 0. The van der Waals surface area contributed by atoms with Crippen LogP contribution in [0.15, 0.2) is 95.9 Å². The maximum absolute atomic E-state index is 14.4. The SMILES string of the molecule is COc1ccccc1S(=O)(=O)N(Cc1ccc(C(F)(F)P(=O)(O)O)c(Cl)c1)Cc1ccccc1-c1ccc(C)cc1. The van der Waals surface area contributed by atoms with Crippen LogP contribution in [0.1, 0.15) is 22.3 Å². The number of halogens is 3. The quantitative estimate of drug-likeness (QED) is 0.186. The first kappa shape index (κ1) is 30.8. The van der Waals surface area contributed by atoms with E-state index in [0.29, 0.717) is 5.56 Å². The molecule has 4 aromatic carbocycles. The molecule has 0 saturated carbocycles. The number of alkyl halides is 2. The Bertz CT molecular complexity index is 1710. The van der Waals surface area contributed by atoms with Crippen LogP contribution in [0.25, 0.3) is 11.1 Å². The average Bonchev–Trinajstić information content (AvgIpc) is 2.92. The van der Waals surface area contributed by atoms with Crippen molar-refractivity contribution < 1.29 is 36.3 Å². The molecule has 0 saturated heterocycles. The Kier molecular flexibility index (Phi) is 9.04. The Morgan fingerprint density at radius 1 is 0.927 bits per heavy atom. The molecule has 0 atom stereocenters. The second-order valence-electron chi connectivity index (χ2n) is 9.35. The predicted molar refractivity (Wildman–Crippen MR) is 153 cm³/mol. The van der Waals surface area contributed by atoms with Gasteiger partial charge in [-0.1, -0.05) is 90.0 Å². The van der Waals surface area contributed by atoms with Crippen LogP contribution in [0, 0.1) is 6.92 Å². The smallest absolute Gasteiger partial charge is 0.399 e. The summed E-state index contributed by atoms with van der Waals surface area (Å²) in [7, 11) is -8.73. The van der Waals surface area contributed by atoms with E-state index in [1.54, 1.807) is 24.3 Å². The molecule has 0 unspecified atom stereocenters. The minimum atomic E-state index is -5.86. The van der Waals surface area contributed by atoms with Crippen LogP contribution >= 0.6 is 19.2 Å². The Morgan fingerprint density at radius 3 is 2.20 bits per heavy atom. The van der Waals surface area contributed by atoms with Gasteiger partial charge in [-0.3, -0.25) is 4.57 Å². The predicted octanol–water partition coefficient (Wildman–Crippen LogP) is 6.94. The molecule has 41 heavy (non-hydrogen) atoms. The number of rotatable bonds is 10. The third-order valence-corrected chi connectivity index (χ3v) is 9.61. The van der Waals surface area contributed by atoms with Gasteiger partial charge in [0.05, 0.1) is 17.7 Å². The van der Waals surface area contributed by atoms with Crippen LogP contribution in [-0.2, 0) is 33.3 Å². The van der Waals surface area contributed by atoms with Gasteiger partial charge < -0.3 is 14.5 Å². The molecular weight excluding hydrogens is 595 g/mol. The summed E-state index contributed by atoms with van der Waals surface area (Å²) in [5.74, 6) is 0.124. The summed E-state index contributed by atoms with van der Waals surface area (Å²) in [6.45, 7) is 1.58. The molecule has 2 N–H and O–H groups in total. The first-order chi connectivity index (χ1) is 19.3. The molecule has 0 aliphatic heterocycles. The molecule has 0 bridgehead atoms. The lowest BCUT2D eigenvalue weighted by molar-refractivity contribution is 0.0565. The summed E-state index contributed by atoms with van der Waals surface area (Å²) in [6, 6.07) is 24.2. The fraction of sp³-hybridized carbons (Fsp3) is 0.172. The highest BCUT2D eigenvalue weighted by Crippen LogP contribution is 2.60. The van der Waals surface area contributed by atoms with Gasteiger partial charge in [-0.2, -0.15) is 13.1 Å². The van der Waals surface area contributed by atoms with Crippen LogP contribution in [0.3, 0.4) is 0 Å². The van der Waals surface area contributed by atoms with Gasteiger partial charge >= 0.3 is 13.3 Å². The first-order valence-corrected chi connectivity index (χ1v) is 15.7. The van der Waals surface area contributed by atoms with Crippen LogP contribution in [0.4, 0.5) is 8.78 Å². The third kappa shape index (κ3) is 6.54. The molecule has 0 aromatic heterocycles. The number of para-hydroxylation sites is 1. The van der Waals surface area contributed by atoms with Crippen LogP contribution < -0.4 is 4.74 Å². The second-order valence-corrected chi connectivity index (χ2v) is 13.3. The van der Waals surface area contributed by atoms with Crippen molar-refractivity contribution in [1.82, 2.24) is 4.31 Å². The molecule has 0 spiro atoms.